The minimum absolute atomic E-state index is 0.271. The van der Waals surface area contributed by atoms with Crippen LogP contribution < -0.4 is 0 Å². The molecule has 0 aliphatic carbocycles. The maximum atomic E-state index is 10.9. The molecular formula is C6H15O3P. The first-order valence-electron chi connectivity index (χ1n) is 3.58. The van der Waals surface area contributed by atoms with Gasteiger partial charge in [-0.25, -0.2) is 0 Å². The Hall–Kier alpha value is 0.150. The second-order valence-corrected chi connectivity index (χ2v) is 4.17. The summed E-state index contributed by atoms with van der Waals surface area (Å²) in [4.78, 5) is 8.98. The quantitative estimate of drug-likeness (QED) is 0.635. The molecule has 0 aromatic carbocycles. The summed E-state index contributed by atoms with van der Waals surface area (Å²) in [7, 11) is -3.21. The highest BCUT2D eigenvalue weighted by atomic mass is 31.2. The highest BCUT2D eigenvalue weighted by Crippen LogP contribution is 2.42. The number of hydrogen-bond acceptors (Lipinski definition) is 2. The van der Waals surface area contributed by atoms with Crippen LogP contribution in [0.2, 0.25) is 0 Å². The molecule has 0 spiro atoms. The van der Waals surface area contributed by atoms with Crippen molar-refractivity contribution in [2.75, 3.05) is 12.8 Å². The van der Waals surface area contributed by atoms with Gasteiger partial charge in [0.25, 0.3) is 0 Å². The summed E-state index contributed by atoms with van der Waals surface area (Å²) in [5.74, 6) is 0. The van der Waals surface area contributed by atoms with Crippen molar-refractivity contribution in [2.24, 2.45) is 0 Å². The van der Waals surface area contributed by atoms with Gasteiger partial charge in [0, 0.05) is 6.16 Å². The molecule has 10 heavy (non-hydrogen) atoms. The summed E-state index contributed by atoms with van der Waals surface area (Å²) >= 11 is 0. The zero-order valence-electron chi connectivity index (χ0n) is 6.54. The Morgan fingerprint density at radius 1 is 1.40 bits per heavy atom. The molecule has 0 amide bonds. The summed E-state index contributed by atoms with van der Waals surface area (Å²) in [6, 6.07) is 0. The average Bonchev–Trinajstić information content (AvgIpc) is 1.84. The van der Waals surface area contributed by atoms with Gasteiger partial charge in [0.05, 0.1) is 6.61 Å². The molecule has 0 aromatic heterocycles. The van der Waals surface area contributed by atoms with E-state index in [0.29, 0.717) is 13.0 Å². The van der Waals surface area contributed by atoms with Gasteiger partial charge in [-0.05, 0) is 12.8 Å². The Balaban J connectivity index is 3.53. The predicted octanol–water partition coefficient (Wildman–Crippen LogP) is 2.01. The van der Waals surface area contributed by atoms with Gasteiger partial charge in [-0.3, -0.25) is 4.57 Å². The molecule has 1 atom stereocenters. The minimum Gasteiger partial charge on any atom is -0.324 e. The third-order valence-corrected chi connectivity index (χ3v) is 2.60. The zero-order chi connectivity index (χ0) is 8.04. The Bertz CT molecular complexity index is 124. The number of hydrogen-bond donors (Lipinski definition) is 1. The van der Waals surface area contributed by atoms with Gasteiger partial charge in [-0.15, -0.1) is 0 Å². The van der Waals surface area contributed by atoms with Crippen LogP contribution in [0.1, 0.15) is 26.7 Å². The lowest BCUT2D eigenvalue weighted by molar-refractivity contribution is 0.259. The molecule has 0 heterocycles. The normalized spacial score (nSPS) is 16.7. The fourth-order valence-corrected chi connectivity index (χ4v) is 1.74. The second-order valence-electron chi connectivity index (χ2n) is 2.19. The average molecular weight is 166 g/mol. The lowest BCUT2D eigenvalue weighted by Gasteiger charge is -2.08. The van der Waals surface area contributed by atoms with E-state index < -0.39 is 7.60 Å². The van der Waals surface area contributed by atoms with Gasteiger partial charge in [0.1, 0.15) is 0 Å². The van der Waals surface area contributed by atoms with Gasteiger partial charge < -0.3 is 9.42 Å². The maximum Gasteiger partial charge on any atom is 0.328 e. The lowest BCUT2D eigenvalue weighted by atomic mass is 10.5. The highest BCUT2D eigenvalue weighted by Gasteiger charge is 2.15. The van der Waals surface area contributed by atoms with Crippen molar-refractivity contribution in [3.63, 3.8) is 0 Å². The van der Waals surface area contributed by atoms with E-state index in [1.54, 1.807) is 0 Å². The molecule has 4 heteroatoms. The molecule has 3 nitrogen and oxygen atoms in total. The molecule has 0 saturated heterocycles. The van der Waals surface area contributed by atoms with Crippen LogP contribution in [-0.2, 0) is 9.09 Å². The Kier molecular flexibility index (Phi) is 4.96. The van der Waals surface area contributed by atoms with E-state index in [2.05, 4.69) is 0 Å². The molecule has 0 saturated carbocycles. The van der Waals surface area contributed by atoms with E-state index in [1.807, 2.05) is 13.8 Å². The fourth-order valence-electron chi connectivity index (χ4n) is 0.581. The first kappa shape index (κ1) is 10.2. The van der Waals surface area contributed by atoms with Crippen LogP contribution in [0.25, 0.3) is 0 Å². The van der Waals surface area contributed by atoms with Gasteiger partial charge in [0.15, 0.2) is 0 Å². The molecule has 1 unspecified atom stereocenters. The molecule has 0 rings (SSSR count). The van der Waals surface area contributed by atoms with Crippen LogP contribution in [0.3, 0.4) is 0 Å². The highest BCUT2D eigenvalue weighted by molar-refractivity contribution is 7.52. The lowest BCUT2D eigenvalue weighted by Crippen LogP contribution is -1.94. The summed E-state index contributed by atoms with van der Waals surface area (Å²) in [5, 5.41) is 0. The van der Waals surface area contributed by atoms with E-state index >= 15 is 0 Å². The van der Waals surface area contributed by atoms with E-state index in [4.69, 9.17) is 9.42 Å². The summed E-state index contributed by atoms with van der Waals surface area (Å²) in [6.07, 6.45) is 1.75. The van der Waals surface area contributed by atoms with Gasteiger partial charge in [-0.2, -0.15) is 0 Å². The van der Waals surface area contributed by atoms with Gasteiger partial charge in [-0.1, -0.05) is 13.8 Å². The fraction of sp³-hybridized carbons (Fsp3) is 1.00. The Labute approximate surface area is 61.9 Å². The van der Waals surface area contributed by atoms with Crippen molar-refractivity contribution in [2.45, 2.75) is 26.7 Å². The van der Waals surface area contributed by atoms with E-state index in [9.17, 15) is 4.57 Å². The Morgan fingerprint density at radius 2 is 2.00 bits per heavy atom. The molecular weight excluding hydrogens is 151 g/mol. The van der Waals surface area contributed by atoms with Crippen LogP contribution in [0.4, 0.5) is 0 Å². The van der Waals surface area contributed by atoms with Gasteiger partial charge in [0.2, 0.25) is 0 Å². The topological polar surface area (TPSA) is 46.5 Å². The number of rotatable bonds is 5. The van der Waals surface area contributed by atoms with Crippen molar-refractivity contribution in [1.29, 1.82) is 0 Å². The molecule has 0 bridgehead atoms. The van der Waals surface area contributed by atoms with Crippen molar-refractivity contribution < 1.29 is 14.0 Å². The van der Waals surface area contributed by atoms with Crippen LogP contribution in [0, 0.1) is 0 Å². The Morgan fingerprint density at radius 3 is 2.40 bits per heavy atom. The zero-order valence-corrected chi connectivity index (χ0v) is 7.43. The molecule has 0 fully saturated rings. The third-order valence-electron chi connectivity index (χ3n) is 1.00. The SMILES string of the molecule is CCCOP(=O)(O)CCC. The predicted molar refractivity (Wildman–Crippen MR) is 41.2 cm³/mol. The first-order chi connectivity index (χ1) is 4.62. The first-order valence-corrected chi connectivity index (χ1v) is 5.35. The molecule has 0 radical (unpaired) electrons. The molecule has 1 N–H and O–H groups in total. The molecule has 62 valence electrons. The summed E-state index contributed by atoms with van der Waals surface area (Å²) in [6.45, 7) is 4.15. The van der Waals surface area contributed by atoms with Crippen LogP contribution in [-0.4, -0.2) is 17.7 Å². The monoisotopic (exact) mass is 166 g/mol. The van der Waals surface area contributed by atoms with Crippen molar-refractivity contribution in [1.82, 2.24) is 0 Å². The standard InChI is InChI=1S/C6H15O3P/c1-3-5-9-10(7,8)6-4-2/h3-6H2,1-2H3,(H,7,8). The molecule has 0 aliphatic rings. The smallest absolute Gasteiger partial charge is 0.324 e. The molecule has 0 aliphatic heterocycles. The van der Waals surface area contributed by atoms with Crippen molar-refractivity contribution in [3.8, 4) is 0 Å². The maximum absolute atomic E-state index is 10.9. The summed E-state index contributed by atoms with van der Waals surface area (Å²) < 4.78 is 15.6. The van der Waals surface area contributed by atoms with E-state index in [1.165, 1.54) is 0 Å². The van der Waals surface area contributed by atoms with E-state index in [0.717, 1.165) is 6.42 Å². The van der Waals surface area contributed by atoms with Crippen molar-refractivity contribution >= 4 is 7.60 Å². The van der Waals surface area contributed by atoms with Crippen LogP contribution in [0.15, 0.2) is 0 Å². The summed E-state index contributed by atoms with van der Waals surface area (Å²) in [5.41, 5.74) is 0. The third kappa shape index (κ3) is 4.98. The molecule has 0 aromatic rings. The van der Waals surface area contributed by atoms with E-state index in [-0.39, 0.29) is 6.16 Å². The second kappa shape index (κ2) is 4.89. The van der Waals surface area contributed by atoms with Gasteiger partial charge >= 0.3 is 7.60 Å². The minimum atomic E-state index is -3.21. The van der Waals surface area contributed by atoms with Crippen LogP contribution in [0.5, 0.6) is 0 Å². The van der Waals surface area contributed by atoms with Crippen molar-refractivity contribution in [3.05, 3.63) is 0 Å². The van der Waals surface area contributed by atoms with Crippen LogP contribution >= 0.6 is 7.60 Å². The largest absolute Gasteiger partial charge is 0.328 e.